The number of esters is 1. The summed E-state index contributed by atoms with van der Waals surface area (Å²) in [6.45, 7) is 5.47. The minimum atomic E-state index is -0.0175. The maximum Gasteiger partial charge on any atom is 0.310 e. The lowest BCUT2D eigenvalue weighted by Gasteiger charge is -2.50. The summed E-state index contributed by atoms with van der Waals surface area (Å²) in [5.41, 5.74) is 4.03. The quantitative estimate of drug-likeness (QED) is 0.791. The summed E-state index contributed by atoms with van der Waals surface area (Å²) >= 11 is 0. The first-order chi connectivity index (χ1) is 11.6. The molecule has 0 amide bonds. The molecule has 0 aliphatic carbocycles. The minimum absolute atomic E-state index is 0.0175. The van der Waals surface area contributed by atoms with Crippen molar-refractivity contribution < 1.29 is 9.53 Å². The van der Waals surface area contributed by atoms with Crippen LogP contribution in [0.4, 0.5) is 0 Å². The molecular weight excluding hydrogens is 298 g/mol. The van der Waals surface area contributed by atoms with Gasteiger partial charge in [-0.2, -0.15) is 0 Å². The Morgan fingerprint density at radius 1 is 1.25 bits per heavy atom. The van der Waals surface area contributed by atoms with Gasteiger partial charge in [0.05, 0.1) is 13.0 Å². The molecule has 4 bridgehead atoms. The molecular formula is C21H27NO2. The molecule has 0 aromatic heterocycles. The smallest absolute Gasteiger partial charge is 0.310 e. The molecule has 4 aliphatic rings. The Bertz CT molecular complexity index is 661. The highest BCUT2D eigenvalue weighted by Gasteiger charge is 2.55. The zero-order chi connectivity index (χ0) is 16.8. The Morgan fingerprint density at radius 3 is 2.67 bits per heavy atom. The molecule has 0 saturated carbocycles. The van der Waals surface area contributed by atoms with Crippen LogP contribution in [0.2, 0.25) is 0 Å². The van der Waals surface area contributed by atoms with Crippen molar-refractivity contribution in [2.75, 3.05) is 13.7 Å². The first-order valence-corrected chi connectivity index (χ1v) is 9.22. The first kappa shape index (κ1) is 15.9. The summed E-state index contributed by atoms with van der Waals surface area (Å²) in [6, 6.07) is 9.95. The number of hydrogen-bond acceptors (Lipinski definition) is 3. The van der Waals surface area contributed by atoms with Gasteiger partial charge in [0, 0.05) is 18.6 Å². The van der Waals surface area contributed by atoms with E-state index in [1.165, 1.54) is 30.2 Å². The minimum Gasteiger partial charge on any atom is -0.469 e. The van der Waals surface area contributed by atoms with Crippen LogP contribution in [0.15, 0.2) is 29.8 Å². The number of fused-ring (bicyclic) bond motifs is 1. The standard InChI is InChI=1S/C21H27NO2/c1-13(2)15-6-4-14(5-7-15)10-16-12-22-17-8-9-19(22)20(18(16)11-17)21(23)24-3/h4-7,10,13,17-20H,8-9,11-12H2,1-3H3/b16-10+/t17-,18+,19+,20-/m0/s1. The molecule has 0 spiro atoms. The highest BCUT2D eigenvalue weighted by molar-refractivity contribution is 5.75. The first-order valence-electron chi connectivity index (χ1n) is 9.22. The Labute approximate surface area is 144 Å². The van der Waals surface area contributed by atoms with E-state index in [9.17, 15) is 4.79 Å². The van der Waals surface area contributed by atoms with Crippen LogP contribution in [-0.4, -0.2) is 36.6 Å². The Hall–Kier alpha value is -1.61. The molecule has 1 aromatic rings. The van der Waals surface area contributed by atoms with Gasteiger partial charge in [0.2, 0.25) is 0 Å². The van der Waals surface area contributed by atoms with Gasteiger partial charge in [-0.1, -0.05) is 49.8 Å². The molecule has 1 unspecified atom stereocenters. The van der Waals surface area contributed by atoms with Crippen molar-refractivity contribution in [2.24, 2.45) is 11.8 Å². The lowest BCUT2D eigenvalue weighted by molar-refractivity contribution is -0.153. The number of methoxy groups -OCH3 is 1. The van der Waals surface area contributed by atoms with Gasteiger partial charge in [-0.25, -0.2) is 0 Å². The van der Waals surface area contributed by atoms with E-state index >= 15 is 0 Å². The molecule has 24 heavy (non-hydrogen) atoms. The number of carbonyl (C=O) groups is 1. The van der Waals surface area contributed by atoms with Crippen LogP contribution in [0.3, 0.4) is 0 Å². The predicted octanol–water partition coefficient (Wildman–Crippen LogP) is 3.85. The molecule has 5 rings (SSSR count). The molecule has 3 nitrogen and oxygen atoms in total. The molecule has 4 aliphatic heterocycles. The van der Waals surface area contributed by atoms with Crippen molar-refractivity contribution in [2.45, 2.75) is 51.1 Å². The fraction of sp³-hybridized carbons (Fsp3) is 0.571. The van der Waals surface area contributed by atoms with Crippen molar-refractivity contribution in [1.82, 2.24) is 4.90 Å². The lowest BCUT2D eigenvalue weighted by atomic mass is 9.71. The van der Waals surface area contributed by atoms with Gasteiger partial charge in [-0.15, -0.1) is 0 Å². The second-order valence-electron chi connectivity index (χ2n) is 7.90. The zero-order valence-corrected chi connectivity index (χ0v) is 14.9. The Kier molecular flexibility index (Phi) is 4.00. The highest BCUT2D eigenvalue weighted by atomic mass is 16.5. The van der Waals surface area contributed by atoms with Crippen molar-refractivity contribution >= 4 is 12.0 Å². The molecule has 0 N–H and O–H groups in total. The maximum atomic E-state index is 12.4. The fourth-order valence-electron chi connectivity index (χ4n) is 5.07. The van der Waals surface area contributed by atoms with Crippen LogP contribution >= 0.6 is 0 Å². The van der Waals surface area contributed by atoms with Gasteiger partial charge in [-0.05, 0) is 42.2 Å². The van der Waals surface area contributed by atoms with Gasteiger partial charge in [0.1, 0.15) is 0 Å². The fourth-order valence-corrected chi connectivity index (χ4v) is 5.07. The molecule has 4 saturated heterocycles. The number of ether oxygens (including phenoxy) is 1. The summed E-state index contributed by atoms with van der Waals surface area (Å²) in [7, 11) is 1.53. The van der Waals surface area contributed by atoms with E-state index in [0.717, 1.165) is 19.4 Å². The van der Waals surface area contributed by atoms with E-state index in [1.54, 1.807) is 0 Å². The van der Waals surface area contributed by atoms with Crippen molar-refractivity contribution in [3.05, 3.63) is 41.0 Å². The Balaban J connectivity index is 1.63. The van der Waals surface area contributed by atoms with Gasteiger partial charge >= 0.3 is 5.97 Å². The number of piperidine rings is 3. The summed E-state index contributed by atoms with van der Waals surface area (Å²) in [4.78, 5) is 15.0. The van der Waals surface area contributed by atoms with Crippen molar-refractivity contribution in [3.63, 3.8) is 0 Å². The van der Waals surface area contributed by atoms with Crippen molar-refractivity contribution in [3.8, 4) is 0 Å². The molecule has 3 heteroatoms. The van der Waals surface area contributed by atoms with E-state index < -0.39 is 0 Å². The van der Waals surface area contributed by atoms with E-state index in [2.05, 4.69) is 49.1 Å². The molecule has 1 aromatic carbocycles. The summed E-state index contributed by atoms with van der Waals surface area (Å²) in [5, 5.41) is 0. The summed E-state index contributed by atoms with van der Waals surface area (Å²) in [5.74, 6) is 0.937. The summed E-state index contributed by atoms with van der Waals surface area (Å²) < 4.78 is 5.14. The molecule has 0 radical (unpaired) electrons. The number of benzene rings is 1. The largest absolute Gasteiger partial charge is 0.469 e. The van der Waals surface area contributed by atoms with Crippen LogP contribution < -0.4 is 0 Å². The topological polar surface area (TPSA) is 29.5 Å². The normalized spacial score (nSPS) is 35.7. The summed E-state index contributed by atoms with van der Waals surface area (Å²) in [6.07, 6.45) is 5.82. The van der Waals surface area contributed by atoms with Crippen LogP contribution in [0, 0.1) is 11.8 Å². The van der Waals surface area contributed by atoms with Gasteiger partial charge in [0.25, 0.3) is 0 Å². The van der Waals surface area contributed by atoms with Gasteiger partial charge < -0.3 is 4.74 Å². The second kappa shape index (κ2) is 6.03. The third-order valence-electron chi connectivity index (χ3n) is 6.33. The average molecular weight is 325 g/mol. The van der Waals surface area contributed by atoms with E-state index in [-0.39, 0.29) is 11.9 Å². The molecule has 128 valence electrons. The number of carbonyl (C=O) groups excluding carboxylic acids is 1. The van der Waals surface area contributed by atoms with E-state index in [0.29, 0.717) is 23.9 Å². The third kappa shape index (κ3) is 2.50. The SMILES string of the molecule is COC(=O)[C@H]1[C@@H]2C[C@@H]3CC[C@H]1N3C/C2=C\c1ccc(C(C)C)cc1. The predicted molar refractivity (Wildman–Crippen MR) is 95.6 cm³/mol. The van der Waals surface area contributed by atoms with E-state index in [4.69, 9.17) is 4.74 Å². The van der Waals surface area contributed by atoms with Crippen LogP contribution in [0.5, 0.6) is 0 Å². The van der Waals surface area contributed by atoms with Gasteiger partial charge in [0.15, 0.2) is 0 Å². The molecule has 4 fully saturated rings. The Morgan fingerprint density at radius 2 is 2.00 bits per heavy atom. The number of nitrogens with zero attached hydrogens (tertiary/aromatic N) is 1. The van der Waals surface area contributed by atoms with Gasteiger partial charge in [-0.3, -0.25) is 9.69 Å². The second-order valence-corrected chi connectivity index (χ2v) is 7.90. The van der Waals surface area contributed by atoms with E-state index in [1.807, 2.05) is 0 Å². The highest BCUT2D eigenvalue weighted by Crippen LogP contribution is 2.50. The average Bonchev–Trinajstić information content (AvgIpc) is 2.90. The number of rotatable bonds is 3. The number of hydrogen-bond donors (Lipinski definition) is 0. The van der Waals surface area contributed by atoms with Crippen molar-refractivity contribution in [1.29, 1.82) is 0 Å². The van der Waals surface area contributed by atoms with Crippen LogP contribution in [-0.2, 0) is 9.53 Å². The maximum absolute atomic E-state index is 12.4. The van der Waals surface area contributed by atoms with Crippen LogP contribution in [0.1, 0.15) is 50.2 Å². The lowest BCUT2D eigenvalue weighted by Crippen LogP contribution is -2.58. The third-order valence-corrected chi connectivity index (χ3v) is 6.33. The monoisotopic (exact) mass is 325 g/mol. The van der Waals surface area contributed by atoms with Crippen LogP contribution in [0.25, 0.3) is 6.08 Å². The zero-order valence-electron chi connectivity index (χ0n) is 14.9. The molecule has 5 atom stereocenters. The molecule has 4 heterocycles.